The number of carbonyl (C=O) groups is 1. The third kappa shape index (κ3) is 5.17. The number of carbonyl (C=O) groups excluding carboxylic acids is 1. The predicted octanol–water partition coefficient (Wildman–Crippen LogP) is 3.71. The van der Waals surface area contributed by atoms with Gasteiger partial charge in [0.25, 0.3) is 0 Å². The molecule has 7 heteroatoms. The zero-order chi connectivity index (χ0) is 19.2. The highest BCUT2D eigenvalue weighted by Crippen LogP contribution is 2.17. The van der Waals surface area contributed by atoms with E-state index < -0.39 is 11.6 Å². The van der Waals surface area contributed by atoms with Gasteiger partial charge in [-0.25, -0.2) is 13.6 Å². The Morgan fingerprint density at radius 3 is 2.41 bits per heavy atom. The van der Waals surface area contributed by atoms with E-state index in [9.17, 15) is 13.6 Å². The SMILES string of the molecule is CCOc1ccc(CN2CCN(C(=O)Nc3ccc(F)cc3F)CC2)cc1. The molecule has 1 aliphatic heterocycles. The Balaban J connectivity index is 1.48. The summed E-state index contributed by atoms with van der Waals surface area (Å²) in [7, 11) is 0. The van der Waals surface area contributed by atoms with Gasteiger partial charge in [0.1, 0.15) is 17.4 Å². The number of urea groups is 1. The third-order valence-corrected chi connectivity index (χ3v) is 4.47. The standard InChI is InChI=1S/C20H23F2N3O2/c1-2-27-17-6-3-15(4-7-17)14-24-9-11-25(12-10-24)20(26)23-19-8-5-16(21)13-18(19)22/h3-8,13H,2,9-12,14H2,1H3,(H,23,26). The molecule has 1 N–H and O–H groups in total. The summed E-state index contributed by atoms with van der Waals surface area (Å²) in [6, 6.07) is 10.7. The molecule has 0 aliphatic carbocycles. The molecule has 1 fully saturated rings. The summed E-state index contributed by atoms with van der Waals surface area (Å²) < 4.78 is 32.1. The van der Waals surface area contributed by atoms with Crippen LogP contribution in [0.2, 0.25) is 0 Å². The average molecular weight is 375 g/mol. The first kappa shape index (κ1) is 19.1. The molecule has 0 radical (unpaired) electrons. The number of nitrogens with zero attached hydrogens (tertiary/aromatic N) is 2. The minimum atomic E-state index is -0.780. The first-order valence-electron chi connectivity index (χ1n) is 9.00. The number of piperazine rings is 1. The summed E-state index contributed by atoms with van der Waals surface area (Å²) >= 11 is 0. The van der Waals surface area contributed by atoms with Crippen molar-refractivity contribution in [2.24, 2.45) is 0 Å². The van der Waals surface area contributed by atoms with Crippen molar-refractivity contribution in [3.05, 3.63) is 59.7 Å². The van der Waals surface area contributed by atoms with E-state index >= 15 is 0 Å². The summed E-state index contributed by atoms with van der Waals surface area (Å²) in [6.45, 7) is 5.95. The first-order chi connectivity index (χ1) is 13.0. The molecule has 5 nitrogen and oxygen atoms in total. The number of nitrogens with one attached hydrogen (secondary N) is 1. The van der Waals surface area contributed by atoms with Crippen molar-refractivity contribution in [2.75, 3.05) is 38.1 Å². The average Bonchev–Trinajstić information content (AvgIpc) is 2.66. The van der Waals surface area contributed by atoms with Crippen molar-refractivity contribution in [1.82, 2.24) is 9.80 Å². The number of benzene rings is 2. The summed E-state index contributed by atoms with van der Waals surface area (Å²) in [5.74, 6) is -0.596. The maximum absolute atomic E-state index is 13.7. The molecule has 3 rings (SSSR count). The number of amides is 2. The monoisotopic (exact) mass is 375 g/mol. The summed E-state index contributed by atoms with van der Waals surface area (Å²) in [5, 5.41) is 2.50. The van der Waals surface area contributed by atoms with Gasteiger partial charge >= 0.3 is 6.03 Å². The summed E-state index contributed by atoms with van der Waals surface area (Å²) in [4.78, 5) is 16.2. The van der Waals surface area contributed by atoms with Crippen LogP contribution in [0.15, 0.2) is 42.5 Å². The Morgan fingerprint density at radius 1 is 1.07 bits per heavy atom. The van der Waals surface area contributed by atoms with Crippen molar-refractivity contribution in [3.63, 3.8) is 0 Å². The van der Waals surface area contributed by atoms with Gasteiger partial charge in [0.2, 0.25) is 0 Å². The smallest absolute Gasteiger partial charge is 0.322 e. The molecule has 2 aromatic rings. The molecule has 1 heterocycles. The molecule has 27 heavy (non-hydrogen) atoms. The van der Waals surface area contributed by atoms with Crippen LogP contribution >= 0.6 is 0 Å². The third-order valence-electron chi connectivity index (χ3n) is 4.47. The second-order valence-corrected chi connectivity index (χ2v) is 6.39. The van der Waals surface area contributed by atoms with E-state index in [1.165, 1.54) is 11.6 Å². The first-order valence-corrected chi connectivity index (χ1v) is 9.00. The van der Waals surface area contributed by atoms with Crippen molar-refractivity contribution < 1.29 is 18.3 Å². The Labute approximate surface area is 157 Å². The van der Waals surface area contributed by atoms with E-state index in [0.29, 0.717) is 19.7 Å². The minimum Gasteiger partial charge on any atom is -0.494 e. The number of anilines is 1. The van der Waals surface area contributed by atoms with Crippen LogP contribution < -0.4 is 10.1 Å². The van der Waals surface area contributed by atoms with Gasteiger partial charge in [0.05, 0.1) is 12.3 Å². The highest BCUT2D eigenvalue weighted by atomic mass is 19.1. The van der Waals surface area contributed by atoms with E-state index in [0.717, 1.165) is 37.5 Å². The molecule has 1 saturated heterocycles. The molecule has 1 aliphatic rings. The number of ether oxygens (including phenoxy) is 1. The Hall–Kier alpha value is -2.67. The van der Waals surface area contributed by atoms with Gasteiger partial charge in [-0.2, -0.15) is 0 Å². The maximum atomic E-state index is 13.7. The second-order valence-electron chi connectivity index (χ2n) is 6.39. The van der Waals surface area contributed by atoms with Crippen molar-refractivity contribution >= 4 is 11.7 Å². The highest BCUT2D eigenvalue weighted by molar-refractivity contribution is 5.89. The summed E-state index contributed by atoms with van der Waals surface area (Å²) in [5.41, 5.74) is 1.17. The van der Waals surface area contributed by atoms with Gasteiger partial charge in [0.15, 0.2) is 0 Å². The quantitative estimate of drug-likeness (QED) is 0.867. The Morgan fingerprint density at radius 2 is 1.78 bits per heavy atom. The van der Waals surface area contributed by atoms with Gasteiger partial charge in [-0.1, -0.05) is 12.1 Å². The lowest BCUT2D eigenvalue weighted by molar-refractivity contribution is 0.143. The Kier molecular flexibility index (Phi) is 6.24. The lowest BCUT2D eigenvalue weighted by Crippen LogP contribution is -2.49. The molecule has 0 atom stereocenters. The van der Waals surface area contributed by atoms with Crippen LogP contribution in [-0.2, 0) is 6.54 Å². The van der Waals surface area contributed by atoms with E-state index in [1.54, 1.807) is 4.90 Å². The molecule has 144 valence electrons. The molecule has 0 saturated carbocycles. The van der Waals surface area contributed by atoms with Crippen LogP contribution in [0, 0.1) is 11.6 Å². The van der Waals surface area contributed by atoms with Crippen LogP contribution in [0.3, 0.4) is 0 Å². The van der Waals surface area contributed by atoms with Crippen LogP contribution in [0.4, 0.5) is 19.3 Å². The number of hydrogen-bond acceptors (Lipinski definition) is 3. The van der Waals surface area contributed by atoms with Gasteiger partial charge in [-0.05, 0) is 36.8 Å². The summed E-state index contributed by atoms with van der Waals surface area (Å²) in [6.07, 6.45) is 0. The van der Waals surface area contributed by atoms with E-state index in [2.05, 4.69) is 10.2 Å². The maximum Gasteiger partial charge on any atom is 0.322 e. The van der Waals surface area contributed by atoms with Gasteiger partial charge < -0.3 is 15.0 Å². The fourth-order valence-electron chi connectivity index (χ4n) is 3.01. The molecule has 2 amide bonds. The minimum absolute atomic E-state index is 0.0155. The second kappa shape index (κ2) is 8.81. The number of halogens is 2. The topological polar surface area (TPSA) is 44.8 Å². The zero-order valence-electron chi connectivity index (χ0n) is 15.3. The molecule has 2 aromatic carbocycles. The lowest BCUT2D eigenvalue weighted by atomic mass is 10.2. The van der Waals surface area contributed by atoms with Crippen LogP contribution in [0.5, 0.6) is 5.75 Å². The largest absolute Gasteiger partial charge is 0.494 e. The fourth-order valence-corrected chi connectivity index (χ4v) is 3.01. The van der Waals surface area contributed by atoms with Gasteiger partial charge in [-0.3, -0.25) is 4.90 Å². The lowest BCUT2D eigenvalue weighted by Gasteiger charge is -2.34. The molecule has 0 spiro atoms. The van der Waals surface area contributed by atoms with Crippen LogP contribution in [0.25, 0.3) is 0 Å². The fraction of sp³-hybridized carbons (Fsp3) is 0.350. The number of rotatable bonds is 5. The van der Waals surface area contributed by atoms with Crippen molar-refractivity contribution in [1.29, 1.82) is 0 Å². The normalized spacial score (nSPS) is 14.9. The van der Waals surface area contributed by atoms with Crippen molar-refractivity contribution in [2.45, 2.75) is 13.5 Å². The van der Waals surface area contributed by atoms with E-state index in [-0.39, 0.29) is 11.7 Å². The van der Waals surface area contributed by atoms with E-state index in [4.69, 9.17) is 4.74 Å². The Bertz CT molecular complexity index is 775. The molecule has 0 aromatic heterocycles. The molecular weight excluding hydrogens is 352 g/mol. The van der Waals surface area contributed by atoms with Crippen LogP contribution in [0.1, 0.15) is 12.5 Å². The van der Waals surface area contributed by atoms with E-state index in [1.807, 2.05) is 31.2 Å². The van der Waals surface area contributed by atoms with Gasteiger partial charge in [0, 0.05) is 38.8 Å². The zero-order valence-corrected chi connectivity index (χ0v) is 15.3. The van der Waals surface area contributed by atoms with Gasteiger partial charge in [-0.15, -0.1) is 0 Å². The van der Waals surface area contributed by atoms with Crippen LogP contribution in [-0.4, -0.2) is 48.6 Å². The molecule has 0 unspecified atom stereocenters. The highest BCUT2D eigenvalue weighted by Gasteiger charge is 2.22. The predicted molar refractivity (Wildman–Crippen MR) is 99.8 cm³/mol. The molecular formula is C20H23F2N3O2. The molecule has 0 bridgehead atoms. The van der Waals surface area contributed by atoms with Crippen molar-refractivity contribution in [3.8, 4) is 5.75 Å². The number of hydrogen-bond donors (Lipinski definition) is 1.